The van der Waals surface area contributed by atoms with Gasteiger partial charge in [0.1, 0.15) is 6.04 Å². The lowest BCUT2D eigenvalue weighted by Crippen LogP contribution is -2.50. The van der Waals surface area contributed by atoms with Crippen LogP contribution >= 0.6 is 11.3 Å². The fraction of sp³-hybridized carbons (Fsp3) is 0.381. The molecule has 1 aromatic carbocycles. The zero-order valence-electron chi connectivity index (χ0n) is 15.7. The largest absolute Gasteiger partial charge is 0.376 e. The summed E-state index contributed by atoms with van der Waals surface area (Å²) in [6.07, 6.45) is 1.90. The van der Waals surface area contributed by atoms with E-state index in [4.69, 9.17) is 4.74 Å². The molecule has 1 saturated heterocycles. The van der Waals surface area contributed by atoms with Gasteiger partial charge in [0.25, 0.3) is 11.8 Å². The van der Waals surface area contributed by atoms with Crippen LogP contribution in [0.25, 0.3) is 0 Å². The number of benzene rings is 1. The molecular weight excluding hydrogens is 376 g/mol. The van der Waals surface area contributed by atoms with E-state index in [0.29, 0.717) is 30.8 Å². The van der Waals surface area contributed by atoms with Crippen LogP contribution in [0, 0.1) is 0 Å². The summed E-state index contributed by atoms with van der Waals surface area (Å²) >= 11 is 1.58. The Morgan fingerprint density at radius 1 is 1.21 bits per heavy atom. The summed E-state index contributed by atoms with van der Waals surface area (Å²) in [4.78, 5) is 42.7. The molecule has 1 aromatic heterocycles. The first-order chi connectivity index (χ1) is 13.6. The average Bonchev–Trinajstić information content (AvgIpc) is 3.44. The van der Waals surface area contributed by atoms with Crippen LogP contribution in [0.15, 0.2) is 41.8 Å². The van der Waals surface area contributed by atoms with Crippen LogP contribution in [0.3, 0.4) is 0 Å². The van der Waals surface area contributed by atoms with E-state index in [9.17, 15) is 14.4 Å². The Bertz CT molecular complexity index is 855. The molecule has 2 aromatic rings. The third-order valence-corrected chi connectivity index (χ3v) is 6.12. The summed E-state index contributed by atoms with van der Waals surface area (Å²) in [5.41, 5.74) is 0.715. The molecule has 28 heavy (non-hydrogen) atoms. The van der Waals surface area contributed by atoms with E-state index in [1.165, 1.54) is 0 Å². The van der Waals surface area contributed by atoms with Crippen LogP contribution in [0.5, 0.6) is 0 Å². The van der Waals surface area contributed by atoms with E-state index in [1.54, 1.807) is 47.4 Å². The molecule has 0 spiro atoms. The second kappa shape index (κ2) is 7.85. The molecule has 146 valence electrons. The van der Waals surface area contributed by atoms with Gasteiger partial charge in [-0.15, -0.1) is 11.3 Å². The van der Waals surface area contributed by atoms with Crippen molar-refractivity contribution in [2.45, 2.75) is 38.5 Å². The van der Waals surface area contributed by atoms with Crippen molar-refractivity contribution >= 4 is 29.1 Å². The molecule has 0 aliphatic carbocycles. The Balaban J connectivity index is 1.55. The average molecular weight is 398 g/mol. The number of ether oxygens (including phenoxy) is 1. The second-order valence-corrected chi connectivity index (χ2v) is 8.17. The number of carbonyl (C=O) groups excluding carboxylic acids is 3. The van der Waals surface area contributed by atoms with Gasteiger partial charge in [-0.1, -0.05) is 18.2 Å². The summed E-state index contributed by atoms with van der Waals surface area (Å²) in [6, 6.07) is 9.76. The van der Waals surface area contributed by atoms with Gasteiger partial charge >= 0.3 is 0 Å². The molecule has 3 heterocycles. The van der Waals surface area contributed by atoms with Crippen molar-refractivity contribution in [2.24, 2.45) is 0 Å². The van der Waals surface area contributed by atoms with E-state index in [-0.39, 0.29) is 12.0 Å². The molecule has 2 atom stereocenters. The third kappa shape index (κ3) is 3.47. The van der Waals surface area contributed by atoms with E-state index in [0.717, 1.165) is 22.6 Å². The van der Waals surface area contributed by atoms with E-state index < -0.39 is 17.9 Å². The SMILES string of the molecule is CC(C(=O)N(Cc1cccs1)CC1CCCO1)N1C(=O)c2ccccc2C1=O. The second-order valence-electron chi connectivity index (χ2n) is 7.14. The van der Waals surface area contributed by atoms with E-state index >= 15 is 0 Å². The molecule has 1 fully saturated rings. The Morgan fingerprint density at radius 3 is 2.50 bits per heavy atom. The van der Waals surface area contributed by atoms with Crippen LogP contribution in [0.4, 0.5) is 0 Å². The summed E-state index contributed by atoms with van der Waals surface area (Å²) in [7, 11) is 0. The molecule has 0 saturated carbocycles. The zero-order valence-corrected chi connectivity index (χ0v) is 16.5. The van der Waals surface area contributed by atoms with E-state index in [1.807, 2.05) is 17.5 Å². The van der Waals surface area contributed by atoms with Gasteiger partial charge in [-0.25, -0.2) is 0 Å². The summed E-state index contributed by atoms with van der Waals surface area (Å²) in [5, 5.41) is 1.97. The Kier molecular flexibility index (Phi) is 5.28. The summed E-state index contributed by atoms with van der Waals surface area (Å²) < 4.78 is 5.71. The molecule has 7 heteroatoms. The predicted octanol–water partition coefficient (Wildman–Crippen LogP) is 2.94. The first-order valence-electron chi connectivity index (χ1n) is 9.46. The Labute approximate surface area is 167 Å². The molecule has 2 aliphatic rings. The fourth-order valence-corrected chi connectivity index (χ4v) is 4.51. The lowest BCUT2D eigenvalue weighted by atomic mass is 10.1. The van der Waals surface area contributed by atoms with Gasteiger partial charge in [0.15, 0.2) is 0 Å². The van der Waals surface area contributed by atoms with Gasteiger partial charge in [0.05, 0.1) is 23.8 Å². The van der Waals surface area contributed by atoms with Gasteiger partial charge in [0.2, 0.25) is 5.91 Å². The van der Waals surface area contributed by atoms with Crippen LogP contribution in [-0.4, -0.2) is 52.8 Å². The number of nitrogens with zero attached hydrogens (tertiary/aromatic N) is 2. The minimum absolute atomic E-state index is 0.00158. The minimum atomic E-state index is -0.867. The summed E-state index contributed by atoms with van der Waals surface area (Å²) in [5.74, 6) is -1.05. The lowest BCUT2D eigenvalue weighted by Gasteiger charge is -2.30. The number of thiophene rings is 1. The predicted molar refractivity (Wildman–Crippen MR) is 105 cm³/mol. The molecule has 6 nitrogen and oxygen atoms in total. The first kappa shape index (κ1) is 18.8. The van der Waals surface area contributed by atoms with Gasteiger partial charge in [0, 0.05) is 18.0 Å². The number of fused-ring (bicyclic) bond motifs is 1. The molecule has 3 amide bonds. The molecular formula is C21H22N2O4S. The monoisotopic (exact) mass is 398 g/mol. The number of hydrogen-bond donors (Lipinski definition) is 0. The maximum atomic E-state index is 13.3. The van der Waals surface area contributed by atoms with Gasteiger partial charge in [-0.3, -0.25) is 19.3 Å². The van der Waals surface area contributed by atoms with Crippen molar-refractivity contribution in [3.8, 4) is 0 Å². The smallest absolute Gasteiger partial charge is 0.262 e. The molecule has 2 unspecified atom stereocenters. The van der Waals surface area contributed by atoms with Crippen molar-refractivity contribution in [2.75, 3.05) is 13.2 Å². The number of hydrogen-bond acceptors (Lipinski definition) is 5. The van der Waals surface area contributed by atoms with Crippen molar-refractivity contribution in [3.05, 3.63) is 57.8 Å². The fourth-order valence-electron chi connectivity index (χ4n) is 3.79. The third-order valence-electron chi connectivity index (χ3n) is 5.26. The minimum Gasteiger partial charge on any atom is -0.376 e. The standard InChI is InChI=1S/C21H22N2O4S/c1-14(23-20(25)17-8-2-3-9-18(17)21(23)26)19(24)22(12-15-6-4-10-27-15)13-16-7-5-11-28-16/h2-3,5,7-9,11,14-15H,4,6,10,12-13H2,1H3. The van der Waals surface area contributed by atoms with Crippen molar-refractivity contribution in [1.29, 1.82) is 0 Å². The summed E-state index contributed by atoms with van der Waals surface area (Å²) in [6.45, 7) is 3.24. The van der Waals surface area contributed by atoms with Gasteiger partial charge in [-0.2, -0.15) is 0 Å². The number of carbonyl (C=O) groups is 3. The highest BCUT2D eigenvalue weighted by Gasteiger charge is 2.42. The topological polar surface area (TPSA) is 66.9 Å². The van der Waals surface area contributed by atoms with Crippen LogP contribution < -0.4 is 0 Å². The maximum Gasteiger partial charge on any atom is 0.262 e. The Hall–Kier alpha value is -2.51. The normalized spacial score (nSPS) is 19.8. The number of rotatable bonds is 6. The van der Waals surface area contributed by atoms with Crippen molar-refractivity contribution in [1.82, 2.24) is 9.80 Å². The highest BCUT2D eigenvalue weighted by Crippen LogP contribution is 2.26. The van der Waals surface area contributed by atoms with Gasteiger partial charge in [-0.05, 0) is 43.3 Å². The maximum absolute atomic E-state index is 13.3. The number of amides is 3. The molecule has 0 bridgehead atoms. The first-order valence-corrected chi connectivity index (χ1v) is 10.3. The quantitative estimate of drug-likeness (QED) is 0.702. The molecule has 0 N–H and O–H groups in total. The van der Waals surface area contributed by atoms with Gasteiger partial charge < -0.3 is 9.64 Å². The zero-order chi connectivity index (χ0) is 19.7. The Morgan fingerprint density at radius 2 is 1.93 bits per heavy atom. The number of imide groups is 1. The molecule has 0 radical (unpaired) electrons. The molecule has 2 aliphatic heterocycles. The van der Waals surface area contributed by atoms with Crippen molar-refractivity contribution in [3.63, 3.8) is 0 Å². The highest BCUT2D eigenvalue weighted by molar-refractivity contribution is 7.09. The van der Waals surface area contributed by atoms with Crippen LogP contribution in [-0.2, 0) is 16.1 Å². The van der Waals surface area contributed by atoms with Crippen molar-refractivity contribution < 1.29 is 19.1 Å². The lowest BCUT2D eigenvalue weighted by molar-refractivity contribution is -0.137. The van der Waals surface area contributed by atoms with Crippen LogP contribution in [0.2, 0.25) is 0 Å². The molecule has 4 rings (SSSR count). The van der Waals surface area contributed by atoms with E-state index in [2.05, 4.69) is 0 Å². The highest BCUT2D eigenvalue weighted by atomic mass is 32.1. The van der Waals surface area contributed by atoms with Crippen LogP contribution in [0.1, 0.15) is 45.4 Å².